The number of sulfonamides is 1. The minimum absolute atomic E-state index is 0.141. The molecule has 11 heteroatoms. The molecule has 1 amide bonds. The Labute approximate surface area is 196 Å². The third kappa shape index (κ3) is 4.81. The average molecular weight is 491 g/mol. The minimum Gasteiger partial charge on any atom is -0.494 e. The standard InChI is InChI=1S/C22H26N4O5S2/c1-13-5-10-18(30-4)19-20(13)32-22(23-19)25-24-21(27)16-6-8-17(9-7-16)33(28,29)26-11-14(2)31-15(3)12-26/h5-10,14-15H,11-12H2,1-4H3,(H,23,25)(H,24,27)/t14-,15+. The first kappa shape index (κ1) is 23.4. The van der Waals surface area contributed by atoms with E-state index in [1.807, 2.05) is 32.9 Å². The fourth-order valence-electron chi connectivity index (χ4n) is 3.76. The SMILES string of the molecule is COc1ccc(C)c2sc(NNC(=O)c3ccc(S(=O)(=O)N4C[C@@H](C)O[C@@H](C)C4)cc3)nc12. The Morgan fingerprint density at radius 1 is 1.15 bits per heavy atom. The number of aromatic nitrogens is 1. The van der Waals surface area contributed by atoms with Crippen LogP contribution in [0.25, 0.3) is 10.2 Å². The fraction of sp³-hybridized carbons (Fsp3) is 0.364. The summed E-state index contributed by atoms with van der Waals surface area (Å²) >= 11 is 1.40. The van der Waals surface area contributed by atoms with E-state index in [0.717, 1.165) is 15.8 Å². The Balaban J connectivity index is 1.45. The predicted molar refractivity (Wildman–Crippen MR) is 127 cm³/mol. The number of nitrogens with zero attached hydrogens (tertiary/aromatic N) is 2. The van der Waals surface area contributed by atoms with Gasteiger partial charge in [-0.05, 0) is 56.7 Å². The Morgan fingerprint density at radius 2 is 1.82 bits per heavy atom. The number of morpholine rings is 1. The van der Waals surface area contributed by atoms with Crippen LogP contribution in [0.3, 0.4) is 0 Å². The zero-order valence-corrected chi connectivity index (χ0v) is 20.4. The molecule has 1 aliphatic heterocycles. The van der Waals surface area contributed by atoms with Gasteiger partial charge in [-0.1, -0.05) is 17.4 Å². The number of carbonyl (C=O) groups excluding carboxylic acids is 1. The van der Waals surface area contributed by atoms with Crippen LogP contribution in [0.2, 0.25) is 0 Å². The number of amides is 1. The molecule has 2 atom stereocenters. The second kappa shape index (κ2) is 9.26. The van der Waals surface area contributed by atoms with Crippen LogP contribution in [0, 0.1) is 6.92 Å². The molecule has 1 fully saturated rings. The van der Waals surface area contributed by atoms with Crippen molar-refractivity contribution in [1.82, 2.24) is 14.7 Å². The zero-order chi connectivity index (χ0) is 23.8. The first-order valence-corrected chi connectivity index (χ1v) is 12.7. The molecule has 33 heavy (non-hydrogen) atoms. The van der Waals surface area contributed by atoms with E-state index in [2.05, 4.69) is 15.8 Å². The summed E-state index contributed by atoms with van der Waals surface area (Å²) in [6, 6.07) is 9.68. The van der Waals surface area contributed by atoms with Gasteiger partial charge in [0.05, 0.1) is 28.9 Å². The maximum absolute atomic E-state index is 13.0. The van der Waals surface area contributed by atoms with Gasteiger partial charge in [-0.2, -0.15) is 4.31 Å². The van der Waals surface area contributed by atoms with E-state index < -0.39 is 15.9 Å². The van der Waals surface area contributed by atoms with E-state index in [9.17, 15) is 13.2 Å². The highest BCUT2D eigenvalue weighted by Gasteiger charge is 2.32. The number of carbonyl (C=O) groups is 1. The number of aryl methyl sites for hydroxylation is 1. The number of nitrogens with one attached hydrogen (secondary N) is 2. The van der Waals surface area contributed by atoms with E-state index in [4.69, 9.17) is 9.47 Å². The van der Waals surface area contributed by atoms with Crippen molar-refractivity contribution in [2.45, 2.75) is 37.9 Å². The summed E-state index contributed by atoms with van der Waals surface area (Å²) in [7, 11) is -2.08. The number of rotatable bonds is 6. The van der Waals surface area contributed by atoms with Gasteiger partial charge in [0.25, 0.3) is 5.91 Å². The molecule has 2 heterocycles. The molecule has 176 valence electrons. The molecule has 0 radical (unpaired) electrons. The van der Waals surface area contributed by atoms with E-state index >= 15 is 0 Å². The van der Waals surface area contributed by atoms with Crippen LogP contribution < -0.4 is 15.6 Å². The summed E-state index contributed by atoms with van der Waals surface area (Å²) in [5.74, 6) is 0.252. The van der Waals surface area contributed by atoms with E-state index in [1.54, 1.807) is 7.11 Å². The van der Waals surface area contributed by atoms with E-state index in [0.29, 0.717) is 29.5 Å². The Kier molecular flexibility index (Phi) is 6.57. The van der Waals surface area contributed by atoms with Crippen molar-refractivity contribution in [3.05, 3.63) is 47.5 Å². The smallest absolute Gasteiger partial charge is 0.269 e. The third-order valence-electron chi connectivity index (χ3n) is 5.35. The summed E-state index contributed by atoms with van der Waals surface area (Å²) in [5, 5.41) is 0.515. The van der Waals surface area contributed by atoms with E-state index in [1.165, 1.54) is 39.9 Å². The molecule has 1 aromatic heterocycles. The van der Waals surface area contributed by atoms with Gasteiger partial charge < -0.3 is 9.47 Å². The van der Waals surface area contributed by atoms with Gasteiger partial charge in [0.2, 0.25) is 15.2 Å². The molecule has 2 N–H and O–H groups in total. The van der Waals surface area contributed by atoms with Gasteiger partial charge in [0.1, 0.15) is 11.3 Å². The molecule has 3 aromatic rings. The van der Waals surface area contributed by atoms with Crippen LogP contribution in [0.1, 0.15) is 29.8 Å². The number of benzene rings is 2. The van der Waals surface area contributed by atoms with Crippen molar-refractivity contribution in [2.24, 2.45) is 0 Å². The van der Waals surface area contributed by atoms with Crippen molar-refractivity contribution in [1.29, 1.82) is 0 Å². The van der Waals surface area contributed by atoms with Crippen LogP contribution in [-0.2, 0) is 14.8 Å². The quantitative estimate of drug-likeness (QED) is 0.511. The lowest BCUT2D eigenvalue weighted by molar-refractivity contribution is -0.0440. The summed E-state index contributed by atoms with van der Waals surface area (Å²) in [6.07, 6.45) is -0.350. The maximum Gasteiger partial charge on any atom is 0.269 e. The maximum atomic E-state index is 13.0. The summed E-state index contributed by atoms with van der Waals surface area (Å²) in [4.78, 5) is 17.2. The molecule has 9 nitrogen and oxygen atoms in total. The van der Waals surface area contributed by atoms with Crippen LogP contribution in [0.5, 0.6) is 5.75 Å². The lowest BCUT2D eigenvalue weighted by Crippen LogP contribution is -2.48. The number of anilines is 1. The Hall–Kier alpha value is -2.73. The molecule has 1 aliphatic rings. The molecule has 1 saturated heterocycles. The third-order valence-corrected chi connectivity index (χ3v) is 8.30. The normalized spacial score (nSPS) is 19.4. The largest absolute Gasteiger partial charge is 0.494 e. The zero-order valence-electron chi connectivity index (χ0n) is 18.8. The Bertz CT molecular complexity index is 1260. The second-order valence-corrected chi connectivity index (χ2v) is 10.9. The van der Waals surface area contributed by atoms with Crippen LogP contribution in [0.15, 0.2) is 41.3 Å². The van der Waals surface area contributed by atoms with Crippen LogP contribution in [0.4, 0.5) is 5.13 Å². The van der Waals surface area contributed by atoms with Crippen molar-refractivity contribution < 1.29 is 22.7 Å². The van der Waals surface area contributed by atoms with Gasteiger partial charge in [0, 0.05) is 18.7 Å². The first-order valence-electron chi connectivity index (χ1n) is 10.4. The van der Waals surface area contributed by atoms with E-state index in [-0.39, 0.29) is 17.1 Å². The highest BCUT2D eigenvalue weighted by molar-refractivity contribution is 7.89. The molecule has 0 aliphatic carbocycles. The number of hydrazine groups is 1. The van der Waals surface area contributed by atoms with Gasteiger partial charge in [0.15, 0.2) is 0 Å². The summed E-state index contributed by atoms with van der Waals surface area (Å²) in [6.45, 7) is 6.27. The highest BCUT2D eigenvalue weighted by atomic mass is 32.2. The van der Waals surface area contributed by atoms with Crippen molar-refractivity contribution in [3.8, 4) is 5.75 Å². The first-order chi connectivity index (χ1) is 15.7. The number of hydrogen-bond donors (Lipinski definition) is 2. The number of methoxy groups -OCH3 is 1. The summed E-state index contributed by atoms with van der Waals surface area (Å²) in [5.41, 5.74) is 7.54. The number of fused-ring (bicyclic) bond motifs is 1. The highest BCUT2D eigenvalue weighted by Crippen LogP contribution is 2.34. The lowest BCUT2D eigenvalue weighted by atomic mass is 10.2. The molecular formula is C22H26N4O5S2. The molecular weight excluding hydrogens is 464 g/mol. The van der Waals surface area contributed by atoms with Gasteiger partial charge in [-0.3, -0.25) is 15.6 Å². The summed E-state index contributed by atoms with van der Waals surface area (Å²) < 4.78 is 39.3. The number of thiazole rings is 1. The minimum atomic E-state index is -3.67. The molecule has 0 spiro atoms. The van der Waals surface area contributed by atoms with Crippen molar-refractivity contribution in [3.63, 3.8) is 0 Å². The molecule has 2 aromatic carbocycles. The monoisotopic (exact) mass is 490 g/mol. The van der Waals surface area contributed by atoms with Gasteiger partial charge in [-0.15, -0.1) is 0 Å². The van der Waals surface area contributed by atoms with Crippen molar-refractivity contribution in [2.75, 3.05) is 25.6 Å². The number of ether oxygens (including phenoxy) is 2. The fourth-order valence-corrected chi connectivity index (χ4v) is 6.26. The second-order valence-electron chi connectivity index (χ2n) is 7.96. The van der Waals surface area contributed by atoms with Crippen LogP contribution >= 0.6 is 11.3 Å². The molecule has 4 rings (SSSR count). The predicted octanol–water partition coefficient (Wildman–Crippen LogP) is 3.17. The molecule has 0 saturated carbocycles. The number of hydrogen-bond acceptors (Lipinski definition) is 8. The Morgan fingerprint density at radius 3 is 2.45 bits per heavy atom. The topological polar surface area (TPSA) is 110 Å². The van der Waals surface area contributed by atoms with Gasteiger partial charge >= 0.3 is 0 Å². The van der Waals surface area contributed by atoms with Crippen LogP contribution in [-0.4, -0.2) is 56.0 Å². The van der Waals surface area contributed by atoms with Crippen molar-refractivity contribution >= 4 is 42.6 Å². The molecule has 0 bridgehead atoms. The van der Waals surface area contributed by atoms with Gasteiger partial charge in [-0.25, -0.2) is 13.4 Å². The lowest BCUT2D eigenvalue weighted by Gasteiger charge is -2.34. The molecule has 0 unspecified atom stereocenters. The average Bonchev–Trinajstić information content (AvgIpc) is 3.22.